The maximum absolute atomic E-state index is 10.2. The molecule has 2 rings (SSSR count). The molecule has 0 radical (unpaired) electrons. The van der Waals surface area contributed by atoms with Crippen LogP contribution in [0.2, 0.25) is 0 Å². The van der Waals surface area contributed by atoms with Gasteiger partial charge in [-0.25, -0.2) is 0 Å². The van der Waals surface area contributed by atoms with Crippen molar-refractivity contribution in [2.24, 2.45) is 0 Å². The van der Waals surface area contributed by atoms with Crippen LogP contribution in [0.15, 0.2) is 30.9 Å². The SMILES string of the molecule is C=CCC[C@H](c1cc(C#N)ccc1O)N1CCNCC1.Cl.Cl. The van der Waals surface area contributed by atoms with E-state index < -0.39 is 0 Å². The molecule has 0 aliphatic carbocycles. The van der Waals surface area contributed by atoms with Crippen LogP contribution in [0.3, 0.4) is 0 Å². The molecule has 1 saturated heterocycles. The molecule has 1 aromatic carbocycles. The van der Waals surface area contributed by atoms with E-state index in [0.29, 0.717) is 5.56 Å². The van der Waals surface area contributed by atoms with Gasteiger partial charge in [-0.1, -0.05) is 6.08 Å². The largest absolute Gasteiger partial charge is 0.508 e. The molecule has 6 heteroatoms. The minimum Gasteiger partial charge on any atom is -0.508 e. The first-order valence-corrected chi connectivity index (χ1v) is 7.05. The Bertz CT molecular complexity index is 511. The van der Waals surface area contributed by atoms with Crippen molar-refractivity contribution in [1.82, 2.24) is 10.2 Å². The average molecular weight is 344 g/mol. The predicted molar refractivity (Wildman–Crippen MR) is 93.9 cm³/mol. The van der Waals surface area contributed by atoms with Crippen molar-refractivity contribution in [1.29, 1.82) is 5.26 Å². The number of nitrogens with zero attached hydrogens (tertiary/aromatic N) is 2. The van der Waals surface area contributed by atoms with E-state index in [2.05, 4.69) is 22.9 Å². The number of halogens is 2. The van der Waals surface area contributed by atoms with Gasteiger partial charge in [-0.3, -0.25) is 4.90 Å². The zero-order valence-electron chi connectivity index (χ0n) is 12.5. The molecule has 0 saturated carbocycles. The fraction of sp³-hybridized carbons (Fsp3) is 0.438. The van der Waals surface area contributed by atoms with E-state index >= 15 is 0 Å². The van der Waals surface area contributed by atoms with Gasteiger partial charge in [0.15, 0.2) is 0 Å². The summed E-state index contributed by atoms with van der Waals surface area (Å²) in [5, 5.41) is 22.5. The maximum Gasteiger partial charge on any atom is 0.120 e. The van der Waals surface area contributed by atoms with E-state index in [1.807, 2.05) is 12.1 Å². The first kappa shape index (κ1) is 20.8. The second kappa shape index (κ2) is 10.5. The first-order chi connectivity index (χ1) is 9.76. The van der Waals surface area contributed by atoms with Crippen molar-refractivity contribution >= 4 is 24.8 Å². The fourth-order valence-corrected chi connectivity index (χ4v) is 2.70. The van der Waals surface area contributed by atoms with Crippen molar-refractivity contribution in [3.63, 3.8) is 0 Å². The third-order valence-corrected chi connectivity index (χ3v) is 3.75. The molecule has 0 spiro atoms. The van der Waals surface area contributed by atoms with Crippen LogP contribution < -0.4 is 5.32 Å². The van der Waals surface area contributed by atoms with Crippen molar-refractivity contribution in [2.75, 3.05) is 26.2 Å². The lowest BCUT2D eigenvalue weighted by Crippen LogP contribution is -2.45. The van der Waals surface area contributed by atoms with Crippen molar-refractivity contribution < 1.29 is 5.11 Å². The van der Waals surface area contributed by atoms with E-state index in [0.717, 1.165) is 44.6 Å². The summed E-state index contributed by atoms with van der Waals surface area (Å²) in [6, 6.07) is 7.37. The number of benzene rings is 1. The summed E-state index contributed by atoms with van der Waals surface area (Å²) in [6.07, 6.45) is 3.71. The Balaban J connectivity index is 0.00000220. The number of hydrogen-bond acceptors (Lipinski definition) is 4. The fourth-order valence-electron chi connectivity index (χ4n) is 2.70. The van der Waals surface area contributed by atoms with Gasteiger partial charge in [-0.15, -0.1) is 31.4 Å². The van der Waals surface area contributed by atoms with Gasteiger partial charge in [-0.2, -0.15) is 5.26 Å². The van der Waals surface area contributed by atoms with Crippen molar-refractivity contribution in [2.45, 2.75) is 18.9 Å². The van der Waals surface area contributed by atoms with Crippen LogP contribution in [0.4, 0.5) is 0 Å². The highest BCUT2D eigenvalue weighted by molar-refractivity contribution is 5.85. The number of aromatic hydroxyl groups is 1. The van der Waals surface area contributed by atoms with Gasteiger partial charge in [0.1, 0.15) is 5.75 Å². The van der Waals surface area contributed by atoms with Crippen LogP contribution in [-0.4, -0.2) is 36.2 Å². The number of hydrogen-bond donors (Lipinski definition) is 2. The van der Waals surface area contributed by atoms with E-state index in [1.54, 1.807) is 12.1 Å². The smallest absolute Gasteiger partial charge is 0.120 e. The zero-order chi connectivity index (χ0) is 14.4. The zero-order valence-corrected chi connectivity index (χ0v) is 14.1. The highest BCUT2D eigenvalue weighted by Crippen LogP contribution is 2.33. The molecule has 1 aliphatic heterocycles. The Hall–Kier alpha value is -1.25. The van der Waals surface area contributed by atoms with Gasteiger partial charge in [0.25, 0.3) is 0 Å². The Morgan fingerprint density at radius 3 is 2.64 bits per heavy atom. The van der Waals surface area contributed by atoms with Crippen LogP contribution in [0.1, 0.15) is 30.0 Å². The number of phenolic OH excluding ortho intramolecular Hbond substituents is 1. The Kier molecular flexibility index (Phi) is 9.88. The van der Waals surface area contributed by atoms with Gasteiger partial charge in [-0.05, 0) is 31.0 Å². The lowest BCUT2D eigenvalue weighted by molar-refractivity contribution is 0.163. The molecular weight excluding hydrogens is 321 g/mol. The molecule has 0 unspecified atom stereocenters. The molecule has 2 N–H and O–H groups in total. The maximum atomic E-state index is 10.2. The van der Waals surface area contributed by atoms with Gasteiger partial charge in [0.05, 0.1) is 11.6 Å². The van der Waals surface area contributed by atoms with Gasteiger partial charge >= 0.3 is 0 Å². The molecule has 1 fully saturated rings. The second-order valence-corrected chi connectivity index (χ2v) is 5.05. The predicted octanol–water partition coefficient (Wildman–Crippen LogP) is 3.02. The molecule has 1 aromatic rings. The molecular formula is C16H23Cl2N3O. The molecule has 22 heavy (non-hydrogen) atoms. The van der Waals surface area contributed by atoms with E-state index in [1.165, 1.54) is 0 Å². The van der Waals surface area contributed by atoms with E-state index in [9.17, 15) is 5.11 Å². The average Bonchev–Trinajstić information content (AvgIpc) is 2.50. The first-order valence-electron chi connectivity index (χ1n) is 7.05. The van der Waals surface area contributed by atoms with Crippen LogP contribution >= 0.6 is 24.8 Å². The Labute approximate surface area is 144 Å². The number of phenols is 1. The lowest BCUT2D eigenvalue weighted by atomic mass is 9.97. The molecule has 4 nitrogen and oxygen atoms in total. The number of nitriles is 1. The molecule has 0 bridgehead atoms. The van der Waals surface area contributed by atoms with Crippen LogP contribution in [0, 0.1) is 11.3 Å². The van der Waals surface area contributed by atoms with Crippen LogP contribution in [0.5, 0.6) is 5.75 Å². The monoisotopic (exact) mass is 343 g/mol. The highest BCUT2D eigenvalue weighted by atomic mass is 35.5. The van der Waals surface area contributed by atoms with Crippen LogP contribution in [-0.2, 0) is 0 Å². The Morgan fingerprint density at radius 1 is 1.36 bits per heavy atom. The highest BCUT2D eigenvalue weighted by Gasteiger charge is 2.24. The Morgan fingerprint density at radius 2 is 2.05 bits per heavy atom. The summed E-state index contributed by atoms with van der Waals surface area (Å²) in [7, 11) is 0. The normalized spacial score (nSPS) is 15.8. The van der Waals surface area contributed by atoms with Gasteiger partial charge < -0.3 is 10.4 Å². The summed E-state index contributed by atoms with van der Waals surface area (Å²) in [6.45, 7) is 7.62. The molecule has 1 heterocycles. The minimum absolute atomic E-state index is 0. The second-order valence-electron chi connectivity index (χ2n) is 5.05. The molecule has 122 valence electrons. The topological polar surface area (TPSA) is 59.3 Å². The van der Waals surface area contributed by atoms with Crippen molar-refractivity contribution in [3.8, 4) is 11.8 Å². The van der Waals surface area contributed by atoms with Gasteiger partial charge in [0.2, 0.25) is 0 Å². The van der Waals surface area contributed by atoms with Crippen LogP contribution in [0.25, 0.3) is 0 Å². The van der Waals surface area contributed by atoms with Crippen molar-refractivity contribution in [3.05, 3.63) is 42.0 Å². The minimum atomic E-state index is 0. The third kappa shape index (κ3) is 5.19. The number of piperazine rings is 1. The molecule has 0 aromatic heterocycles. The summed E-state index contributed by atoms with van der Waals surface area (Å²) in [4.78, 5) is 2.37. The number of allylic oxidation sites excluding steroid dienone is 1. The third-order valence-electron chi connectivity index (χ3n) is 3.75. The summed E-state index contributed by atoms with van der Waals surface area (Å²) in [5.74, 6) is 0.275. The van der Waals surface area contributed by atoms with E-state index in [4.69, 9.17) is 5.26 Å². The molecule has 1 aliphatic rings. The standard InChI is InChI=1S/C16H21N3O.2ClH/c1-2-3-4-15(19-9-7-18-8-10-19)14-11-13(12-17)5-6-16(14)20;;/h2,5-6,11,15,18,20H,1,3-4,7-10H2;2*1H/t15-;;/m1../s1. The van der Waals surface area contributed by atoms with Gasteiger partial charge in [0, 0.05) is 37.8 Å². The number of nitrogens with one attached hydrogen (secondary N) is 1. The number of rotatable bonds is 5. The summed E-state index contributed by atoms with van der Waals surface area (Å²) < 4.78 is 0. The molecule has 0 amide bonds. The van der Waals surface area contributed by atoms with E-state index in [-0.39, 0.29) is 36.6 Å². The lowest BCUT2D eigenvalue weighted by Gasteiger charge is -2.35. The summed E-state index contributed by atoms with van der Waals surface area (Å²) >= 11 is 0. The molecule has 1 atom stereocenters. The quantitative estimate of drug-likeness (QED) is 0.806. The summed E-state index contributed by atoms with van der Waals surface area (Å²) in [5.41, 5.74) is 1.45.